The second-order valence-electron chi connectivity index (χ2n) is 3.77. The molecular formula is C11H11ClFNO. The first-order valence-electron chi connectivity index (χ1n) is 4.77. The molecule has 4 heteroatoms. The summed E-state index contributed by atoms with van der Waals surface area (Å²) in [5, 5.41) is 0.607. The highest BCUT2D eigenvalue weighted by Gasteiger charge is 2.31. The van der Waals surface area contributed by atoms with Crippen LogP contribution in [0.1, 0.15) is 15.9 Å². The Kier molecular flexibility index (Phi) is 2.65. The Hall–Kier alpha value is -1.09. The average Bonchev–Trinajstić information content (AvgIpc) is 2.12. The third-order valence-electron chi connectivity index (χ3n) is 2.54. The highest BCUT2D eigenvalue weighted by molar-refractivity contribution is 6.30. The van der Waals surface area contributed by atoms with Crippen LogP contribution in [-0.4, -0.2) is 30.1 Å². The van der Waals surface area contributed by atoms with Crippen LogP contribution in [0.3, 0.4) is 0 Å². The number of benzene rings is 1. The summed E-state index contributed by atoms with van der Waals surface area (Å²) in [7, 11) is 0. The SMILES string of the molecule is Cc1cc(Cl)ccc1C(=O)N1CC(F)C1. The molecule has 1 aliphatic rings. The number of hydrogen-bond acceptors (Lipinski definition) is 1. The monoisotopic (exact) mass is 227 g/mol. The van der Waals surface area contributed by atoms with Crippen molar-refractivity contribution in [2.75, 3.05) is 13.1 Å². The zero-order valence-corrected chi connectivity index (χ0v) is 9.09. The number of nitrogens with zero attached hydrogens (tertiary/aromatic N) is 1. The van der Waals surface area contributed by atoms with Crippen LogP contribution in [0.5, 0.6) is 0 Å². The summed E-state index contributed by atoms with van der Waals surface area (Å²) in [6, 6.07) is 5.10. The molecule has 80 valence electrons. The molecule has 0 atom stereocenters. The maximum atomic E-state index is 12.6. The summed E-state index contributed by atoms with van der Waals surface area (Å²) in [6.45, 7) is 2.24. The summed E-state index contributed by atoms with van der Waals surface area (Å²) < 4.78 is 12.6. The van der Waals surface area contributed by atoms with Crippen molar-refractivity contribution in [1.82, 2.24) is 4.90 Å². The maximum absolute atomic E-state index is 12.6. The van der Waals surface area contributed by atoms with Gasteiger partial charge in [-0.1, -0.05) is 11.6 Å². The van der Waals surface area contributed by atoms with Crippen molar-refractivity contribution < 1.29 is 9.18 Å². The van der Waals surface area contributed by atoms with E-state index < -0.39 is 6.17 Å². The van der Waals surface area contributed by atoms with Crippen molar-refractivity contribution in [2.24, 2.45) is 0 Å². The second-order valence-corrected chi connectivity index (χ2v) is 4.20. The number of carbonyl (C=O) groups excluding carboxylic acids is 1. The summed E-state index contributed by atoms with van der Waals surface area (Å²) in [5.74, 6) is -0.113. The summed E-state index contributed by atoms with van der Waals surface area (Å²) in [4.78, 5) is 13.3. The van der Waals surface area contributed by atoms with Gasteiger partial charge in [-0.2, -0.15) is 0 Å². The van der Waals surface area contributed by atoms with Gasteiger partial charge in [0.05, 0.1) is 13.1 Å². The molecular weight excluding hydrogens is 217 g/mol. The van der Waals surface area contributed by atoms with Crippen LogP contribution in [0.25, 0.3) is 0 Å². The van der Waals surface area contributed by atoms with Crippen molar-refractivity contribution in [2.45, 2.75) is 13.1 Å². The van der Waals surface area contributed by atoms with Crippen molar-refractivity contribution in [1.29, 1.82) is 0 Å². The fourth-order valence-electron chi connectivity index (χ4n) is 1.63. The topological polar surface area (TPSA) is 20.3 Å². The molecule has 0 aromatic heterocycles. The van der Waals surface area contributed by atoms with E-state index in [1.54, 1.807) is 18.2 Å². The third kappa shape index (κ3) is 1.97. The lowest BCUT2D eigenvalue weighted by atomic mass is 10.1. The number of rotatable bonds is 1. The molecule has 1 saturated heterocycles. The van der Waals surface area contributed by atoms with Crippen LogP contribution in [0.2, 0.25) is 5.02 Å². The molecule has 0 N–H and O–H groups in total. The van der Waals surface area contributed by atoms with Crippen LogP contribution in [0.4, 0.5) is 4.39 Å². The van der Waals surface area contributed by atoms with Crippen molar-refractivity contribution in [3.05, 3.63) is 34.3 Å². The Morgan fingerprint density at radius 2 is 2.20 bits per heavy atom. The zero-order chi connectivity index (χ0) is 11.0. The smallest absolute Gasteiger partial charge is 0.254 e. The van der Waals surface area contributed by atoms with Gasteiger partial charge in [0.2, 0.25) is 0 Å². The second kappa shape index (κ2) is 3.81. The van der Waals surface area contributed by atoms with Gasteiger partial charge in [0, 0.05) is 10.6 Å². The molecule has 1 heterocycles. The van der Waals surface area contributed by atoms with E-state index in [0.29, 0.717) is 10.6 Å². The lowest BCUT2D eigenvalue weighted by molar-refractivity contribution is 0.0399. The predicted molar refractivity (Wildman–Crippen MR) is 57.0 cm³/mol. The van der Waals surface area contributed by atoms with Gasteiger partial charge in [-0.25, -0.2) is 4.39 Å². The summed E-state index contributed by atoms with van der Waals surface area (Å²) in [6.07, 6.45) is -0.860. The van der Waals surface area contributed by atoms with Crippen LogP contribution < -0.4 is 0 Å². The zero-order valence-electron chi connectivity index (χ0n) is 8.34. The van der Waals surface area contributed by atoms with Gasteiger partial charge < -0.3 is 4.90 Å². The number of amides is 1. The minimum absolute atomic E-state index is 0.113. The molecule has 0 bridgehead atoms. The van der Waals surface area contributed by atoms with E-state index in [4.69, 9.17) is 11.6 Å². The minimum Gasteiger partial charge on any atom is -0.333 e. The number of hydrogen-bond donors (Lipinski definition) is 0. The van der Waals surface area contributed by atoms with Gasteiger partial charge in [-0.3, -0.25) is 4.79 Å². The van der Waals surface area contributed by atoms with Gasteiger partial charge in [-0.15, -0.1) is 0 Å². The first-order valence-corrected chi connectivity index (χ1v) is 5.15. The summed E-state index contributed by atoms with van der Waals surface area (Å²) in [5.41, 5.74) is 1.43. The van der Waals surface area contributed by atoms with Crippen molar-refractivity contribution in [3.63, 3.8) is 0 Å². The average molecular weight is 228 g/mol. The van der Waals surface area contributed by atoms with E-state index in [9.17, 15) is 9.18 Å². The molecule has 0 spiro atoms. The highest BCUT2D eigenvalue weighted by atomic mass is 35.5. The predicted octanol–water partition coefficient (Wildman–Crippen LogP) is 2.44. The maximum Gasteiger partial charge on any atom is 0.254 e. The third-order valence-corrected chi connectivity index (χ3v) is 2.78. The van der Waals surface area contributed by atoms with E-state index in [1.807, 2.05) is 6.92 Å². The Balaban J connectivity index is 2.19. The minimum atomic E-state index is -0.860. The standard InChI is InChI=1S/C11H11ClFNO/c1-7-4-8(12)2-3-10(7)11(15)14-5-9(13)6-14/h2-4,9H,5-6H2,1H3. The fraction of sp³-hybridized carbons (Fsp3) is 0.364. The lowest BCUT2D eigenvalue weighted by Crippen LogP contribution is -2.51. The number of aryl methyl sites for hydroxylation is 1. The van der Waals surface area contributed by atoms with Crippen molar-refractivity contribution in [3.8, 4) is 0 Å². The molecule has 2 rings (SSSR count). The van der Waals surface area contributed by atoms with E-state index in [1.165, 1.54) is 4.90 Å². The first-order chi connectivity index (χ1) is 7.08. The van der Waals surface area contributed by atoms with Crippen LogP contribution in [-0.2, 0) is 0 Å². The van der Waals surface area contributed by atoms with Gasteiger partial charge in [0.15, 0.2) is 0 Å². The largest absolute Gasteiger partial charge is 0.333 e. The first kappa shape index (κ1) is 10.4. The van der Waals surface area contributed by atoms with E-state index >= 15 is 0 Å². The van der Waals surface area contributed by atoms with E-state index in [-0.39, 0.29) is 19.0 Å². The van der Waals surface area contributed by atoms with E-state index in [2.05, 4.69) is 0 Å². The number of halogens is 2. The van der Waals surface area contributed by atoms with Crippen LogP contribution >= 0.6 is 11.6 Å². The molecule has 1 aromatic carbocycles. The van der Waals surface area contributed by atoms with Gasteiger partial charge >= 0.3 is 0 Å². The highest BCUT2D eigenvalue weighted by Crippen LogP contribution is 2.20. The van der Waals surface area contributed by atoms with E-state index in [0.717, 1.165) is 5.56 Å². The van der Waals surface area contributed by atoms with Crippen molar-refractivity contribution >= 4 is 17.5 Å². The van der Waals surface area contributed by atoms with Gasteiger partial charge in [0.25, 0.3) is 5.91 Å². The molecule has 0 unspecified atom stereocenters. The molecule has 2 nitrogen and oxygen atoms in total. The molecule has 15 heavy (non-hydrogen) atoms. The molecule has 1 aromatic rings. The number of likely N-dealkylation sites (tertiary alicyclic amines) is 1. The molecule has 1 fully saturated rings. The molecule has 0 saturated carbocycles. The Morgan fingerprint density at radius 1 is 1.53 bits per heavy atom. The number of carbonyl (C=O) groups is 1. The van der Waals surface area contributed by atoms with Gasteiger partial charge in [0.1, 0.15) is 6.17 Å². The van der Waals surface area contributed by atoms with Crippen LogP contribution in [0.15, 0.2) is 18.2 Å². The quantitative estimate of drug-likeness (QED) is 0.722. The molecule has 0 radical (unpaired) electrons. The Morgan fingerprint density at radius 3 is 2.73 bits per heavy atom. The molecule has 1 amide bonds. The normalized spacial score (nSPS) is 16.3. The van der Waals surface area contributed by atoms with Gasteiger partial charge in [-0.05, 0) is 30.7 Å². The summed E-state index contributed by atoms with van der Waals surface area (Å²) >= 11 is 5.79. The molecule has 1 aliphatic heterocycles. The molecule has 0 aliphatic carbocycles. The Labute approximate surface area is 92.6 Å². The fourth-order valence-corrected chi connectivity index (χ4v) is 1.85. The Bertz CT molecular complexity index is 402. The lowest BCUT2D eigenvalue weighted by Gasteiger charge is -2.34. The number of alkyl halides is 1. The van der Waals surface area contributed by atoms with Crippen LogP contribution in [0, 0.1) is 6.92 Å².